The van der Waals surface area contributed by atoms with E-state index in [-0.39, 0.29) is 124 Å². The summed E-state index contributed by atoms with van der Waals surface area (Å²) in [7, 11) is 0. The van der Waals surface area contributed by atoms with Crippen molar-refractivity contribution < 1.29 is 61.1 Å². The van der Waals surface area contributed by atoms with Gasteiger partial charge in [-0.25, -0.2) is 28.7 Å². The molecule has 0 radical (unpaired) electrons. The highest BCUT2D eigenvalue weighted by molar-refractivity contribution is 7.11. The van der Waals surface area contributed by atoms with E-state index < -0.39 is 36.0 Å². The fourth-order valence-electron chi connectivity index (χ4n) is 22.0. The Morgan fingerprint density at radius 2 is 0.830 bits per heavy atom. The Morgan fingerprint density at radius 3 is 1.30 bits per heavy atom. The molecule has 12 atom stereocenters. The van der Waals surface area contributed by atoms with Gasteiger partial charge in [0.2, 0.25) is 52.8 Å². The Balaban J connectivity index is 0.000000134. The number of benzene rings is 5. The van der Waals surface area contributed by atoms with Crippen LogP contribution in [0, 0.1) is 60.0 Å². The molecule has 34 heteroatoms. The molecule has 6 aliphatic heterocycles. The van der Waals surface area contributed by atoms with Gasteiger partial charge < -0.3 is 60.6 Å². The van der Waals surface area contributed by atoms with E-state index in [4.69, 9.17) is 51.3 Å². The molecule has 27 nitrogen and oxygen atoms in total. The number of amides is 8. The first-order valence-corrected chi connectivity index (χ1v) is 57.1. The monoisotopic (exact) mass is 2090 g/mol. The molecule has 8 aliphatic rings. The van der Waals surface area contributed by atoms with Gasteiger partial charge in [-0.05, 0) is 224 Å². The molecule has 0 spiro atoms. The van der Waals surface area contributed by atoms with E-state index in [1.165, 1.54) is 53.1 Å². The van der Waals surface area contributed by atoms with Gasteiger partial charge in [-0.15, -0.1) is 45.3 Å². The third-order valence-electron chi connectivity index (χ3n) is 31.2. The van der Waals surface area contributed by atoms with Crippen LogP contribution in [0.4, 0.5) is 8.78 Å². The van der Waals surface area contributed by atoms with Crippen LogP contribution in [-0.4, -0.2) is 185 Å². The van der Waals surface area contributed by atoms with Crippen molar-refractivity contribution in [3.8, 4) is 45.2 Å². The lowest BCUT2D eigenvalue weighted by Gasteiger charge is -2.35. The first-order valence-electron chi connectivity index (χ1n) is 53.2. The van der Waals surface area contributed by atoms with Crippen molar-refractivity contribution in [1.29, 1.82) is 0 Å². The number of hydrogen-bond donors (Lipinski definition) is 5. The summed E-state index contributed by atoms with van der Waals surface area (Å²) < 4.78 is 44.4. The van der Waals surface area contributed by atoms with Crippen molar-refractivity contribution in [2.24, 2.45) is 47.2 Å². The molecule has 8 amide bonds. The Morgan fingerprint density at radius 1 is 0.415 bits per heavy atom. The molecule has 20 rings (SSSR count). The first-order chi connectivity index (χ1) is 71.3. The number of nitrogens with zero attached hydrogens (tertiary/aromatic N) is 11. The second-order valence-electron chi connectivity index (χ2n) is 40.8. The number of halogens is 3. The Labute approximate surface area is 879 Å². The summed E-state index contributed by atoms with van der Waals surface area (Å²) in [6.45, 7) is 20.6. The highest BCUT2D eigenvalue weighted by atomic mass is 35.5. The van der Waals surface area contributed by atoms with E-state index >= 15 is 0 Å². The van der Waals surface area contributed by atoms with E-state index in [2.05, 4.69) is 77.5 Å². The molecule has 8 fully saturated rings. The van der Waals surface area contributed by atoms with Crippen LogP contribution in [0.25, 0.3) is 88.7 Å². The summed E-state index contributed by atoms with van der Waals surface area (Å²) in [5.41, 5.74) is 15.2. The number of carbonyl (C=O) groups excluding carboxylic acids is 8. The number of ether oxygens (including phenoxy) is 2. The number of aromatic nitrogens is 7. The lowest BCUT2D eigenvalue weighted by atomic mass is 9.83. The molecule has 13 heterocycles. The Bertz CT molecular complexity index is 6600. The largest absolute Gasteiger partial charge is 0.381 e. The number of likely N-dealkylation sites (tertiary alicyclic amines) is 4. The zero-order chi connectivity index (χ0) is 103. The van der Waals surface area contributed by atoms with Crippen molar-refractivity contribution in [1.82, 2.24) is 75.9 Å². The number of para-hydroxylation sites is 1. The second kappa shape index (κ2) is 50.1. The minimum Gasteiger partial charge on any atom is -0.381 e. The van der Waals surface area contributed by atoms with Gasteiger partial charge in [0.25, 0.3) is 0 Å². The summed E-state index contributed by atoms with van der Waals surface area (Å²) >= 11 is 12.4. The average molecular weight is 2100 g/mol. The molecule has 2 saturated carbocycles. The van der Waals surface area contributed by atoms with Crippen LogP contribution in [0.15, 0.2) is 141 Å². The minimum atomic E-state index is -0.614. The second-order valence-corrected chi connectivity index (χ2v) is 44.8. The normalized spacial score (nSPS) is 20.3. The van der Waals surface area contributed by atoms with Gasteiger partial charge >= 0.3 is 0 Å². The molecule has 147 heavy (non-hydrogen) atoms. The van der Waals surface area contributed by atoms with Crippen LogP contribution in [-0.2, 0) is 47.8 Å². The van der Waals surface area contributed by atoms with Gasteiger partial charge in [-0.3, -0.25) is 48.3 Å². The van der Waals surface area contributed by atoms with Crippen LogP contribution in [0.5, 0.6) is 0 Å². The Kier molecular flexibility index (Phi) is 36.5. The lowest BCUT2D eigenvalue weighted by Crippen LogP contribution is -2.56. The number of nitrogens with one attached hydrogen (secondary N) is 4. The standard InChI is InChI=1S/C30H37FN4O2S.C29H35ClN4O2S.C28H34N4O3S.C26H31FN4O4S/c1-4-18(2)28(36)34-27(20-9-6-5-7-10-20)30(37)35-14-8-11-26(35)29-33-25(17-38-29)22-15-19(3)32-24-13-12-21(31)16-23(22)24;1-3-18(2)27(35)33-26(19-8-5-4-6-9-19)29(36)34-15-7-10-25(34)28-32-24(17-37-28)22-13-14-31-23-16-20(30)11-12-21(22)23;1-2-22(29)26(33)31-25(19-12-15-35-16-13-19)28(34)32-14-6-11-24(32)27-30-23(17-36-27)21-10-5-8-18-7-3-4-9-20(18)21;1-3-15(2)24(32)29-21(16-9-12-34-13-10-16)26(33)31-11-5-8-20(31)25-28-19(14-36-25)22-17-6-4-7-18(27)23(17)35-30-22/h12-13,15-18,20,26-27H,4-11,14H2,1-3H3,(H,34,36);11-14,16-19,25-26H,3-10,15H2,1-2H3,(H,33,35);3-5,7-10,17,19,22,24-25H,2,6,11-16,29H2,1H3,(H,31,33);4,6-7,14-16,20-21H,3,5,8-13H2,1-2H3,(H,29,32)/t18-,26+,27+;18-,25+,26+;22-,24-,25-;15-,20+,21+/m1101/s1. The molecule has 7 aromatic heterocycles. The van der Waals surface area contributed by atoms with Crippen molar-refractivity contribution in [2.75, 3.05) is 52.6 Å². The average Bonchev–Trinajstić information content (AvgIpc) is 1.68. The molecule has 0 bridgehead atoms. The quantitative estimate of drug-likeness (QED) is 0.0304. The van der Waals surface area contributed by atoms with E-state index in [0.29, 0.717) is 80.8 Å². The Hall–Kier alpha value is -11.0. The molecular formula is C113H137ClF2N16O11S4. The summed E-state index contributed by atoms with van der Waals surface area (Å²) in [5, 5.41) is 33.4. The van der Waals surface area contributed by atoms with Gasteiger partial charge in [0, 0.05) is 136 Å². The summed E-state index contributed by atoms with van der Waals surface area (Å²) in [6, 6.07) is 30.5. The fraction of sp³-hybridized carbons (Fsp3) is 0.513. The van der Waals surface area contributed by atoms with Crippen LogP contribution in [0.3, 0.4) is 0 Å². The number of pyridine rings is 2. The van der Waals surface area contributed by atoms with Crippen LogP contribution < -0.4 is 27.0 Å². The fourth-order valence-corrected chi connectivity index (χ4v) is 26.0. The predicted octanol–water partition coefficient (Wildman–Crippen LogP) is 22.4. The number of rotatable bonds is 28. The number of nitrogens with two attached hydrogens (primary N) is 1. The smallest absolute Gasteiger partial charge is 0.246 e. The highest BCUT2D eigenvalue weighted by Crippen LogP contribution is 2.46. The summed E-state index contributed by atoms with van der Waals surface area (Å²) in [5.74, 6) is -1.03. The topological polar surface area (TPSA) is 345 Å². The van der Waals surface area contributed by atoms with Crippen molar-refractivity contribution in [3.05, 3.63) is 179 Å². The third kappa shape index (κ3) is 25.0. The molecule has 5 aromatic carbocycles. The maximum absolute atomic E-state index is 14.1. The van der Waals surface area contributed by atoms with Crippen LogP contribution >= 0.6 is 56.9 Å². The van der Waals surface area contributed by atoms with Gasteiger partial charge in [-0.2, -0.15) is 0 Å². The SMILES string of the molecule is CC[C@@H](C)C(=O)N[C@H](C(=O)N1CCC[C@H]1c1nc(-c2cc(C)nc3ccc(F)cc23)cs1)C1CCCCC1.CC[C@@H](C)C(=O)N[C@H](C(=O)N1CCC[C@H]1c1nc(-c2ccnc3cc(Cl)ccc23)cs1)C1CCCCC1.CC[C@@H](C)C(=O)N[C@H](C(=O)N1CCC[C@H]1c1nc(-c2noc3c(F)cccc23)cs1)C1CCOCC1.CC[C@H](N)C(=O)N[C@H](C(=O)N1CCC[C@H]1c1nc(-c2cccc3ccccc23)cs1)C1CCOCC1. The minimum absolute atomic E-state index is 0.0108. The highest BCUT2D eigenvalue weighted by Gasteiger charge is 2.47. The number of fused-ring (bicyclic) bond motifs is 4. The van der Waals surface area contributed by atoms with Gasteiger partial charge in [-0.1, -0.05) is 158 Å². The van der Waals surface area contributed by atoms with Gasteiger partial charge in [0.15, 0.2) is 5.82 Å². The van der Waals surface area contributed by atoms with Gasteiger partial charge in [0.1, 0.15) is 61.4 Å². The lowest BCUT2D eigenvalue weighted by molar-refractivity contribution is -0.140. The van der Waals surface area contributed by atoms with E-state index in [0.717, 1.165) is 229 Å². The van der Waals surface area contributed by atoms with Crippen LogP contribution in [0.1, 0.15) is 265 Å². The molecule has 780 valence electrons. The zero-order valence-electron chi connectivity index (χ0n) is 85.3. The maximum Gasteiger partial charge on any atom is 0.246 e. The van der Waals surface area contributed by atoms with E-state index in [1.807, 2.05) is 128 Å². The van der Waals surface area contributed by atoms with Crippen molar-refractivity contribution in [2.45, 2.75) is 277 Å². The van der Waals surface area contributed by atoms with Crippen LogP contribution in [0.2, 0.25) is 5.02 Å². The van der Waals surface area contributed by atoms with Crippen molar-refractivity contribution >= 4 is 148 Å². The maximum atomic E-state index is 14.1. The number of aryl methyl sites for hydroxylation is 1. The molecule has 6 saturated heterocycles. The summed E-state index contributed by atoms with van der Waals surface area (Å²) in [4.78, 5) is 144. The first kappa shape index (κ1) is 107. The molecule has 2 aliphatic carbocycles. The third-order valence-corrected chi connectivity index (χ3v) is 35.2. The van der Waals surface area contributed by atoms with E-state index in [9.17, 15) is 47.1 Å². The van der Waals surface area contributed by atoms with Gasteiger partial charge in [0.05, 0.1) is 63.7 Å². The van der Waals surface area contributed by atoms with Crippen molar-refractivity contribution in [3.63, 3.8) is 0 Å². The molecule has 0 unspecified atom stereocenters. The van der Waals surface area contributed by atoms with E-state index in [1.54, 1.807) is 58.4 Å². The number of carbonyl (C=O) groups is 8. The molecule has 12 aromatic rings. The summed E-state index contributed by atoms with van der Waals surface area (Å²) in [6.07, 6.45) is 25.4. The number of thiazole rings is 4. The zero-order valence-corrected chi connectivity index (χ0v) is 89.3. The molecule has 6 N–H and O–H groups in total. The predicted molar refractivity (Wildman–Crippen MR) is 575 cm³/mol. The number of hydrogen-bond acceptors (Lipinski definition) is 23. The molecular weight excluding hydrogens is 1960 g/mol.